The van der Waals surface area contributed by atoms with Crippen LogP contribution < -0.4 is 10.7 Å². The van der Waals surface area contributed by atoms with Gasteiger partial charge in [0.05, 0.1) is 17.6 Å². The van der Waals surface area contributed by atoms with Crippen molar-refractivity contribution >= 4 is 67.7 Å². The molecule has 164 valence electrons. The number of rotatable bonds is 7. The third kappa shape index (κ3) is 6.06. The minimum absolute atomic E-state index is 0.00464. The van der Waals surface area contributed by atoms with Gasteiger partial charge < -0.3 is 5.11 Å². The van der Waals surface area contributed by atoms with Crippen molar-refractivity contribution < 1.29 is 19.6 Å². The lowest BCUT2D eigenvalue weighted by Gasteiger charge is -2.02. The molecular formula is C18H12BrClN6O5S. The molecule has 0 bridgehead atoms. The van der Waals surface area contributed by atoms with Gasteiger partial charge in [-0.1, -0.05) is 38.9 Å². The number of halogens is 2. The first kappa shape index (κ1) is 23.2. The Labute approximate surface area is 197 Å². The monoisotopic (exact) mass is 538 g/mol. The fraction of sp³-hybridized carbons (Fsp3) is 0.0556. The number of hydrogen-bond acceptors (Lipinski definition) is 9. The zero-order chi connectivity index (χ0) is 23.3. The number of anilines is 1. The number of phenolic OH excluding ortho intramolecular Hbond substituents is 1. The van der Waals surface area contributed by atoms with Crippen LogP contribution in [0, 0.1) is 10.1 Å². The van der Waals surface area contributed by atoms with E-state index in [0.717, 1.165) is 21.9 Å². The lowest BCUT2D eigenvalue weighted by molar-refractivity contribution is -0.384. The highest BCUT2D eigenvalue weighted by Crippen LogP contribution is 2.26. The minimum Gasteiger partial charge on any atom is -0.507 e. The molecule has 0 saturated carbocycles. The molecule has 2 aromatic carbocycles. The van der Waals surface area contributed by atoms with Crippen LogP contribution in [0.15, 0.2) is 46.0 Å². The van der Waals surface area contributed by atoms with Crippen LogP contribution in [0.25, 0.3) is 0 Å². The summed E-state index contributed by atoms with van der Waals surface area (Å²) in [5.74, 6) is -1.07. The first-order valence-corrected chi connectivity index (χ1v) is 10.6. The molecule has 32 heavy (non-hydrogen) atoms. The van der Waals surface area contributed by atoms with E-state index in [-0.39, 0.29) is 33.6 Å². The Bertz CT molecular complexity index is 1230. The lowest BCUT2D eigenvalue weighted by Crippen LogP contribution is -2.19. The molecule has 0 saturated heterocycles. The largest absolute Gasteiger partial charge is 0.507 e. The van der Waals surface area contributed by atoms with E-state index in [9.17, 15) is 24.8 Å². The summed E-state index contributed by atoms with van der Waals surface area (Å²) in [6.45, 7) is 0. The second-order valence-corrected chi connectivity index (χ2v) is 8.44. The van der Waals surface area contributed by atoms with Crippen molar-refractivity contribution in [1.29, 1.82) is 0 Å². The summed E-state index contributed by atoms with van der Waals surface area (Å²) in [5.41, 5.74) is 2.50. The fourth-order valence-corrected chi connectivity index (χ4v) is 3.68. The van der Waals surface area contributed by atoms with Crippen molar-refractivity contribution in [3.63, 3.8) is 0 Å². The third-order valence-electron chi connectivity index (χ3n) is 3.79. The molecule has 3 rings (SSSR count). The Kier molecular flexibility index (Phi) is 7.45. The molecule has 14 heteroatoms. The molecule has 0 unspecified atom stereocenters. The van der Waals surface area contributed by atoms with E-state index in [1.165, 1.54) is 24.4 Å². The molecule has 0 aliphatic rings. The van der Waals surface area contributed by atoms with Gasteiger partial charge in [-0.2, -0.15) is 5.10 Å². The van der Waals surface area contributed by atoms with Gasteiger partial charge in [0.2, 0.25) is 11.0 Å². The predicted molar refractivity (Wildman–Crippen MR) is 121 cm³/mol. The second-order valence-electron chi connectivity index (χ2n) is 6.05. The van der Waals surface area contributed by atoms with Crippen molar-refractivity contribution in [2.45, 2.75) is 6.42 Å². The van der Waals surface area contributed by atoms with Gasteiger partial charge in [-0.15, -0.1) is 10.2 Å². The summed E-state index contributed by atoms with van der Waals surface area (Å²) in [6, 6.07) is 8.33. The van der Waals surface area contributed by atoms with Crippen LogP contribution in [0.2, 0.25) is 5.02 Å². The van der Waals surface area contributed by atoms with Crippen molar-refractivity contribution in [1.82, 2.24) is 15.6 Å². The molecule has 0 fully saturated rings. The number of nitrogens with one attached hydrogen (secondary N) is 2. The van der Waals surface area contributed by atoms with Crippen molar-refractivity contribution in [3.8, 4) is 5.75 Å². The molecule has 3 aromatic rings. The maximum atomic E-state index is 12.3. The number of hydrazone groups is 1. The van der Waals surface area contributed by atoms with E-state index in [1.54, 1.807) is 12.1 Å². The average Bonchev–Trinajstić information content (AvgIpc) is 3.16. The molecule has 0 aliphatic heterocycles. The van der Waals surface area contributed by atoms with E-state index in [2.05, 4.69) is 42.0 Å². The van der Waals surface area contributed by atoms with Gasteiger partial charge in [0.15, 0.2) is 0 Å². The molecular weight excluding hydrogens is 528 g/mol. The number of aromatic nitrogens is 2. The van der Waals surface area contributed by atoms with Gasteiger partial charge in [-0.05, 0) is 30.3 Å². The van der Waals surface area contributed by atoms with Crippen LogP contribution in [0.3, 0.4) is 0 Å². The summed E-state index contributed by atoms with van der Waals surface area (Å²) in [7, 11) is 0. The van der Waals surface area contributed by atoms with Gasteiger partial charge in [0.1, 0.15) is 15.8 Å². The highest BCUT2D eigenvalue weighted by atomic mass is 79.9. The molecule has 0 atom stereocenters. The van der Waals surface area contributed by atoms with Gasteiger partial charge in [-0.3, -0.25) is 25.0 Å². The highest BCUT2D eigenvalue weighted by Gasteiger charge is 2.17. The molecule has 3 N–H and O–H groups in total. The molecule has 1 heterocycles. The second kappa shape index (κ2) is 10.3. The third-order valence-corrected chi connectivity index (χ3v) is 5.42. The minimum atomic E-state index is -0.655. The lowest BCUT2D eigenvalue weighted by atomic mass is 10.2. The maximum absolute atomic E-state index is 12.3. The van der Waals surface area contributed by atoms with E-state index >= 15 is 0 Å². The number of carbonyl (C=O) groups is 2. The quantitative estimate of drug-likeness (QED) is 0.235. The van der Waals surface area contributed by atoms with E-state index in [0.29, 0.717) is 10.6 Å². The molecule has 11 nitrogen and oxygen atoms in total. The maximum Gasteiger partial charge on any atom is 0.287 e. The molecule has 1 aromatic heterocycles. The number of nitrogens with zero attached hydrogens (tertiary/aromatic N) is 4. The number of nitro groups is 1. The summed E-state index contributed by atoms with van der Waals surface area (Å²) in [5, 5.41) is 34.7. The number of carbonyl (C=O) groups excluding carboxylic acids is 2. The Morgan fingerprint density at radius 1 is 1.28 bits per heavy atom. The molecule has 0 aliphatic carbocycles. The van der Waals surface area contributed by atoms with Crippen molar-refractivity contribution in [3.05, 3.63) is 72.1 Å². The summed E-state index contributed by atoms with van der Waals surface area (Å²) >= 11 is 10.1. The van der Waals surface area contributed by atoms with E-state index in [4.69, 9.17) is 11.6 Å². The van der Waals surface area contributed by atoms with Gasteiger partial charge >= 0.3 is 0 Å². The molecule has 0 radical (unpaired) electrons. The normalized spacial score (nSPS) is 10.8. The van der Waals surface area contributed by atoms with Crippen LogP contribution in [-0.4, -0.2) is 38.3 Å². The SMILES string of the molecule is O=C(Cc1nnc(NC(=O)c2ccc([N+](=O)[O-])c(Cl)c2)s1)N/N=C\c1cc(Br)ccc1O. The van der Waals surface area contributed by atoms with Crippen molar-refractivity contribution in [2.75, 3.05) is 5.32 Å². The zero-order valence-electron chi connectivity index (χ0n) is 15.8. The first-order chi connectivity index (χ1) is 15.2. The molecule has 2 amide bonds. The van der Waals surface area contributed by atoms with Crippen LogP contribution in [0.1, 0.15) is 20.9 Å². The summed E-state index contributed by atoms with van der Waals surface area (Å²) in [6.07, 6.45) is 1.15. The topological polar surface area (TPSA) is 160 Å². The summed E-state index contributed by atoms with van der Waals surface area (Å²) in [4.78, 5) is 34.4. The number of aromatic hydroxyl groups is 1. The Hall–Kier alpha value is -3.42. The van der Waals surface area contributed by atoms with Gasteiger partial charge in [0, 0.05) is 21.7 Å². The molecule has 0 spiro atoms. The number of hydrogen-bond donors (Lipinski definition) is 3. The van der Waals surface area contributed by atoms with Crippen LogP contribution in [0.5, 0.6) is 5.75 Å². The average molecular weight is 540 g/mol. The summed E-state index contributed by atoms with van der Waals surface area (Å²) < 4.78 is 0.738. The fourth-order valence-electron chi connectivity index (χ4n) is 2.32. The number of phenols is 1. The Balaban J connectivity index is 1.56. The van der Waals surface area contributed by atoms with E-state index < -0.39 is 16.7 Å². The van der Waals surface area contributed by atoms with Crippen LogP contribution in [-0.2, 0) is 11.2 Å². The standard InChI is InChI=1S/C18H12BrClN6O5S/c19-11-2-4-14(27)10(5-11)8-21-23-15(28)7-16-24-25-18(32-16)22-17(29)9-1-3-13(26(30)31)12(20)6-9/h1-6,8,27H,7H2,(H,23,28)(H,22,25,29)/b21-8-. The number of benzene rings is 2. The number of nitro benzene ring substituents is 1. The smallest absolute Gasteiger partial charge is 0.287 e. The Morgan fingerprint density at radius 2 is 2.06 bits per heavy atom. The Morgan fingerprint density at radius 3 is 2.78 bits per heavy atom. The van der Waals surface area contributed by atoms with Crippen molar-refractivity contribution in [2.24, 2.45) is 5.10 Å². The number of amides is 2. The highest BCUT2D eigenvalue weighted by molar-refractivity contribution is 9.10. The zero-order valence-corrected chi connectivity index (χ0v) is 18.9. The predicted octanol–water partition coefficient (Wildman–Crippen LogP) is 3.51. The van der Waals surface area contributed by atoms with Gasteiger partial charge in [0.25, 0.3) is 11.6 Å². The van der Waals surface area contributed by atoms with Crippen LogP contribution in [0.4, 0.5) is 10.8 Å². The van der Waals surface area contributed by atoms with Crippen LogP contribution >= 0.6 is 38.9 Å². The first-order valence-electron chi connectivity index (χ1n) is 8.61. The van der Waals surface area contributed by atoms with E-state index in [1.807, 2.05) is 0 Å². The van der Waals surface area contributed by atoms with Gasteiger partial charge in [-0.25, -0.2) is 5.43 Å².